The molecule has 11 rings (SSSR count). The summed E-state index contributed by atoms with van der Waals surface area (Å²) in [5, 5.41) is 11.9. The number of nitrogens with zero attached hydrogens (tertiary/aromatic N) is 3. The molecule has 0 saturated heterocycles. The normalized spacial score (nSPS) is 18.4. The third-order valence-electron chi connectivity index (χ3n) is 11.9. The van der Waals surface area contributed by atoms with Crippen LogP contribution in [0.1, 0.15) is 33.7 Å². The highest BCUT2D eigenvalue weighted by Gasteiger charge is 2.56. The third-order valence-corrected chi connectivity index (χ3v) is 11.9. The molecule has 0 saturated carbocycles. The minimum Gasteiger partial charge on any atom is -0.457 e. The molecule has 3 atom stereocenters. The van der Waals surface area contributed by atoms with Gasteiger partial charge in [-0.3, -0.25) is 0 Å². The van der Waals surface area contributed by atoms with Crippen LogP contribution in [0.25, 0.3) is 55.8 Å². The van der Waals surface area contributed by atoms with Gasteiger partial charge in [-0.2, -0.15) is 5.26 Å². The summed E-state index contributed by atoms with van der Waals surface area (Å²) in [5.41, 5.74) is 11.8. The Morgan fingerprint density at radius 2 is 1.12 bits per heavy atom. The van der Waals surface area contributed by atoms with E-state index >= 15 is 0 Å². The molecule has 3 aliphatic rings. The van der Waals surface area contributed by atoms with Crippen LogP contribution in [0, 0.1) is 17.2 Å². The Bertz CT molecular complexity index is 2920. The van der Waals surface area contributed by atoms with Crippen LogP contribution in [0.4, 0.5) is 0 Å². The quantitative estimate of drug-likeness (QED) is 0.182. The van der Waals surface area contributed by atoms with Crippen molar-refractivity contribution in [1.82, 2.24) is 9.97 Å². The molecule has 2 heterocycles. The van der Waals surface area contributed by atoms with E-state index in [2.05, 4.69) is 134 Å². The lowest BCUT2D eigenvalue weighted by atomic mass is 9.61. The Hall–Kier alpha value is -7.35. The van der Waals surface area contributed by atoms with Gasteiger partial charge >= 0.3 is 0 Å². The van der Waals surface area contributed by atoms with Gasteiger partial charge in [-0.05, 0) is 51.9 Å². The van der Waals surface area contributed by atoms with E-state index in [1.165, 1.54) is 11.1 Å². The van der Waals surface area contributed by atoms with Crippen LogP contribution in [0.3, 0.4) is 0 Å². The fraction of sp³-hybridized carbons (Fsp3) is 0.0577. The summed E-state index contributed by atoms with van der Waals surface area (Å²) in [7, 11) is 0. The van der Waals surface area contributed by atoms with Crippen LogP contribution < -0.4 is 4.74 Å². The maximum atomic E-state index is 9.90. The molecule has 8 aromatic rings. The van der Waals surface area contributed by atoms with Gasteiger partial charge in [0.15, 0.2) is 5.82 Å². The molecule has 0 radical (unpaired) electrons. The van der Waals surface area contributed by atoms with Crippen molar-refractivity contribution in [2.45, 2.75) is 11.3 Å². The van der Waals surface area contributed by atoms with E-state index in [0.29, 0.717) is 11.4 Å². The largest absolute Gasteiger partial charge is 0.457 e. The molecule has 262 valence electrons. The van der Waals surface area contributed by atoms with E-state index in [1.807, 2.05) is 60.7 Å². The van der Waals surface area contributed by atoms with Crippen molar-refractivity contribution in [2.75, 3.05) is 0 Å². The Labute approximate surface area is 325 Å². The molecule has 0 amide bonds. The highest BCUT2D eigenvalue weighted by atomic mass is 16.5. The van der Waals surface area contributed by atoms with Crippen LogP contribution in [0.2, 0.25) is 0 Å². The van der Waals surface area contributed by atoms with Gasteiger partial charge in [0.05, 0.1) is 28.4 Å². The highest BCUT2D eigenvalue weighted by Crippen LogP contribution is 2.65. The first-order valence-corrected chi connectivity index (χ1v) is 19.0. The van der Waals surface area contributed by atoms with Crippen LogP contribution in [-0.2, 0) is 5.41 Å². The fourth-order valence-corrected chi connectivity index (χ4v) is 9.47. The van der Waals surface area contributed by atoms with Gasteiger partial charge in [-0.25, -0.2) is 9.97 Å². The van der Waals surface area contributed by atoms with E-state index in [4.69, 9.17) is 14.7 Å². The lowest BCUT2D eigenvalue weighted by Gasteiger charge is -2.43. The maximum absolute atomic E-state index is 9.90. The molecule has 1 aliphatic heterocycles. The van der Waals surface area contributed by atoms with Crippen molar-refractivity contribution >= 4 is 10.8 Å². The Kier molecular flexibility index (Phi) is 7.24. The number of benzene rings is 7. The van der Waals surface area contributed by atoms with Gasteiger partial charge in [-0.15, -0.1) is 0 Å². The summed E-state index contributed by atoms with van der Waals surface area (Å²) in [6.07, 6.45) is 9.12. The summed E-state index contributed by atoms with van der Waals surface area (Å²) >= 11 is 0. The molecule has 2 aliphatic carbocycles. The fourth-order valence-electron chi connectivity index (χ4n) is 9.47. The van der Waals surface area contributed by atoms with Gasteiger partial charge in [0.25, 0.3) is 0 Å². The van der Waals surface area contributed by atoms with Gasteiger partial charge in [0.2, 0.25) is 0 Å². The molecule has 1 spiro atoms. The predicted molar refractivity (Wildman–Crippen MR) is 223 cm³/mol. The number of ether oxygens (including phenoxy) is 1. The smallest absolute Gasteiger partial charge is 0.160 e. The van der Waals surface area contributed by atoms with Crippen LogP contribution in [0.15, 0.2) is 188 Å². The summed E-state index contributed by atoms with van der Waals surface area (Å²) in [6.45, 7) is 0. The second kappa shape index (κ2) is 12.6. The van der Waals surface area contributed by atoms with E-state index in [-0.39, 0.29) is 11.8 Å². The zero-order valence-corrected chi connectivity index (χ0v) is 30.3. The first-order chi connectivity index (χ1) is 27.7. The van der Waals surface area contributed by atoms with E-state index in [1.54, 1.807) is 0 Å². The molecular formula is C52H33N3O. The topological polar surface area (TPSA) is 58.8 Å². The average molecular weight is 716 g/mol. The van der Waals surface area contributed by atoms with Gasteiger partial charge in [0, 0.05) is 45.0 Å². The first kappa shape index (κ1) is 32.1. The molecule has 3 unspecified atom stereocenters. The molecule has 56 heavy (non-hydrogen) atoms. The van der Waals surface area contributed by atoms with Crippen molar-refractivity contribution in [1.29, 1.82) is 5.26 Å². The first-order valence-electron chi connectivity index (χ1n) is 19.0. The number of rotatable bonds is 4. The van der Waals surface area contributed by atoms with Crippen molar-refractivity contribution in [2.24, 2.45) is 5.92 Å². The van der Waals surface area contributed by atoms with Gasteiger partial charge < -0.3 is 4.74 Å². The summed E-state index contributed by atoms with van der Waals surface area (Å²) in [4.78, 5) is 10.3. The number of aromatic nitrogens is 2. The van der Waals surface area contributed by atoms with Crippen LogP contribution in [-0.4, -0.2) is 9.97 Å². The molecule has 7 aromatic carbocycles. The predicted octanol–water partition coefficient (Wildman–Crippen LogP) is 12.4. The van der Waals surface area contributed by atoms with Crippen molar-refractivity contribution < 1.29 is 4.74 Å². The van der Waals surface area contributed by atoms with E-state index < -0.39 is 5.41 Å². The highest BCUT2D eigenvalue weighted by molar-refractivity contribution is 6.00. The van der Waals surface area contributed by atoms with Crippen molar-refractivity contribution in [3.63, 3.8) is 0 Å². The standard InChI is InChI=1S/C52H33N3O/c53-32-37-23-26-39(40-18-8-7-17-38(37)40)35-24-27-45-49(29-35)56-50-30-36(25-28-46(50)52(45)43-21-11-9-19-41(43)42-20-10-12-22-44(42)52)51-54-47(33-13-3-1-4-14-33)31-48(55-51)34-15-5-2-6-16-34/h1-31,41,43H. The molecule has 0 N–H and O–H groups in total. The molecular weight excluding hydrogens is 683 g/mol. The minimum absolute atomic E-state index is 0.140. The van der Waals surface area contributed by atoms with Gasteiger partial charge in [0.1, 0.15) is 11.5 Å². The number of nitriles is 1. The summed E-state index contributed by atoms with van der Waals surface area (Å²) < 4.78 is 7.12. The average Bonchev–Trinajstić information content (AvgIpc) is 3.56. The SMILES string of the molecule is N#Cc1ccc(-c2ccc3c(c2)Oc2cc(-c4nc(-c5ccccc5)cc(-c5ccccc5)n4)ccc2C32c3ccccc3C3C=CC=CC32)c2ccccc12. The lowest BCUT2D eigenvalue weighted by molar-refractivity contribution is 0.374. The third kappa shape index (κ3) is 4.78. The van der Waals surface area contributed by atoms with Gasteiger partial charge in [-0.1, -0.05) is 164 Å². The number of hydrogen-bond donors (Lipinski definition) is 0. The second-order valence-electron chi connectivity index (χ2n) is 14.8. The summed E-state index contributed by atoms with van der Waals surface area (Å²) in [6, 6.07) is 59.3. The Morgan fingerprint density at radius 3 is 1.84 bits per heavy atom. The molecule has 0 bridgehead atoms. The monoisotopic (exact) mass is 715 g/mol. The van der Waals surface area contributed by atoms with Crippen LogP contribution in [0.5, 0.6) is 11.5 Å². The molecule has 0 fully saturated rings. The Balaban J connectivity index is 1.14. The molecule has 1 aromatic heterocycles. The number of hydrogen-bond acceptors (Lipinski definition) is 4. The van der Waals surface area contributed by atoms with Crippen LogP contribution >= 0.6 is 0 Å². The Morgan fingerprint density at radius 1 is 0.518 bits per heavy atom. The molecule has 4 heteroatoms. The van der Waals surface area contributed by atoms with Crippen molar-refractivity contribution in [3.05, 3.63) is 216 Å². The number of fused-ring (bicyclic) bond motifs is 10. The minimum atomic E-state index is -0.503. The lowest BCUT2D eigenvalue weighted by Crippen LogP contribution is -2.37. The molecule has 4 nitrogen and oxygen atoms in total. The summed E-state index contributed by atoms with van der Waals surface area (Å²) in [5.74, 6) is 2.62. The zero-order chi connectivity index (χ0) is 37.2. The maximum Gasteiger partial charge on any atom is 0.160 e. The zero-order valence-electron chi connectivity index (χ0n) is 30.3. The second-order valence-corrected chi connectivity index (χ2v) is 14.8. The number of allylic oxidation sites excluding steroid dienone is 4. The van der Waals surface area contributed by atoms with Crippen molar-refractivity contribution in [3.8, 4) is 62.6 Å². The van der Waals surface area contributed by atoms with E-state index in [9.17, 15) is 5.26 Å². The van der Waals surface area contributed by atoms with E-state index in [0.717, 1.165) is 72.6 Å².